The molecule has 2 N–H and O–H groups in total. The van der Waals surface area contributed by atoms with Crippen molar-refractivity contribution in [3.63, 3.8) is 0 Å². The van der Waals surface area contributed by atoms with Crippen molar-refractivity contribution < 1.29 is 0 Å². The van der Waals surface area contributed by atoms with Gasteiger partial charge in [0.15, 0.2) is 5.96 Å². The van der Waals surface area contributed by atoms with Crippen molar-refractivity contribution in [3.05, 3.63) is 21.9 Å². The lowest BCUT2D eigenvalue weighted by atomic mass is 10.2. The Morgan fingerprint density at radius 1 is 1.47 bits per heavy atom. The Morgan fingerprint density at radius 2 is 2.26 bits per heavy atom. The SMILES string of the molecule is CN=C(NCCC1CC1)NC(C)Cc1ccc(C)s1. The van der Waals surface area contributed by atoms with Crippen LogP contribution in [0.15, 0.2) is 17.1 Å². The van der Waals surface area contributed by atoms with Crippen LogP contribution in [0.4, 0.5) is 0 Å². The Balaban J connectivity index is 1.70. The second-order valence-electron chi connectivity index (χ2n) is 5.49. The first-order chi connectivity index (χ1) is 9.17. The monoisotopic (exact) mass is 279 g/mol. The zero-order valence-electron chi connectivity index (χ0n) is 12.2. The van der Waals surface area contributed by atoms with Crippen molar-refractivity contribution in [1.82, 2.24) is 10.6 Å². The average molecular weight is 279 g/mol. The zero-order valence-corrected chi connectivity index (χ0v) is 13.0. The van der Waals surface area contributed by atoms with Crippen LogP contribution in [-0.4, -0.2) is 25.6 Å². The predicted molar refractivity (Wildman–Crippen MR) is 84.1 cm³/mol. The van der Waals surface area contributed by atoms with Crippen LogP contribution >= 0.6 is 11.3 Å². The van der Waals surface area contributed by atoms with Gasteiger partial charge in [0.25, 0.3) is 0 Å². The van der Waals surface area contributed by atoms with Gasteiger partial charge in [-0.3, -0.25) is 4.99 Å². The Bertz CT molecular complexity index is 421. The first-order valence-corrected chi connectivity index (χ1v) is 8.01. The third-order valence-corrected chi connectivity index (χ3v) is 4.48. The summed E-state index contributed by atoms with van der Waals surface area (Å²) in [7, 11) is 1.84. The van der Waals surface area contributed by atoms with Gasteiger partial charge in [-0.15, -0.1) is 11.3 Å². The zero-order chi connectivity index (χ0) is 13.7. The highest BCUT2D eigenvalue weighted by atomic mass is 32.1. The number of guanidine groups is 1. The summed E-state index contributed by atoms with van der Waals surface area (Å²) in [5, 5.41) is 6.87. The Hall–Kier alpha value is -1.03. The highest BCUT2D eigenvalue weighted by Gasteiger charge is 2.20. The van der Waals surface area contributed by atoms with Crippen LogP contribution < -0.4 is 10.6 Å². The van der Waals surface area contributed by atoms with Crippen LogP contribution in [0.1, 0.15) is 35.9 Å². The first kappa shape index (κ1) is 14.4. The molecule has 0 radical (unpaired) electrons. The average Bonchev–Trinajstić information content (AvgIpc) is 3.11. The van der Waals surface area contributed by atoms with Crippen LogP contribution in [-0.2, 0) is 6.42 Å². The third kappa shape index (κ3) is 5.23. The third-order valence-electron chi connectivity index (χ3n) is 3.45. The molecule has 4 heteroatoms. The molecule has 1 aliphatic rings. The molecule has 0 aromatic carbocycles. The minimum absolute atomic E-state index is 0.408. The van der Waals surface area contributed by atoms with Crippen molar-refractivity contribution in [2.45, 2.75) is 45.6 Å². The molecule has 1 aliphatic carbocycles. The smallest absolute Gasteiger partial charge is 0.191 e. The van der Waals surface area contributed by atoms with E-state index in [9.17, 15) is 0 Å². The summed E-state index contributed by atoms with van der Waals surface area (Å²) in [6, 6.07) is 4.82. The Kier molecular flexibility index (Phi) is 5.25. The number of aryl methyl sites for hydroxylation is 1. The van der Waals surface area contributed by atoms with E-state index in [1.54, 1.807) is 0 Å². The summed E-state index contributed by atoms with van der Waals surface area (Å²) in [6.07, 6.45) is 5.17. The molecule has 1 saturated carbocycles. The molecule has 0 saturated heterocycles. The number of nitrogens with zero attached hydrogens (tertiary/aromatic N) is 1. The maximum atomic E-state index is 4.29. The minimum Gasteiger partial charge on any atom is -0.356 e. The Labute approximate surface area is 120 Å². The van der Waals surface area contributed by atoms with E-state index >= 15 is 0 Å². The number of hydrogen-bond acceptors (Lipinski definition) is 2. The van der Waals surface area contributed by atoms with E-state index in [-0.39, 0.29) is 0 Å². The fraction of sp³-hybridized carbons (Fsp3) is 0.667. The molecule has 1 aromatic rings. The molecule has 3 nitrogen and oxygen atoms in total. The maximum Gasteiger partial charge on any atom is 0.191 e. The summed E-state index contributed by atoms with van der Waals surface area (Å²) in [4.78, 5) is 7.11. The summed E-state index contributed by atoms with van der Waals surface area (Å²) < 4.78 is 0. The number of aliphatic imine (C=N–C) groups is 1. The van der Waals surface area contributed by atoms with Gasteiger partial charge in [0.05, 0.1) is 0 Å². The second kappa shape index (κ2) is 6.94. The molecule has 106 valence electrons. The van der Waals surface area contributed by atoms with Gasteiger partial charge >= 0.3 is 0 Å². The molecule has 1 aromatic heterocycles. The summed E-state index contributed by atoms with van der Waals surface area (Å²) in [5.74, 6) is 1.90. The quantitative estimate of drug-likeness (QED) is 0.620. The van der Waals surface area contributed by atoms with Crippen molar-refractivity contribution in [2.75, 3.05) is 13.6 Å². The summed E-state index contributed by atoms with van der Waals surface area (Å²) in [5.41, 5.74) is 0. The highest BCUT2D eigenvalue weighted by molar-refractivity contribution is 7.11. The summed E-state index contributed by atoms with van der Waals surface area (Å²) >= 11 is 1.88. The molecule has 2 rings (SSSR count). The van der Waals surface area contributed by atoms with E-state index in [1.165, 1.54) is 29.0 Å². The van der Waals surface area contributed by atoms with Gasteiger partial charge in [0, 0.05) is 35.8 Å². The molecule has 1 atom stereocenters. The van der Waals surface area contributed by atoms with E-state index in [2.05, 4.69) is 41.6 Å². The number of nitrogens with one attached hydrogen (secondary N) is 2. The molecule has 19 heavy (non-hydrogen) atoms. The van der Waals surface area contributed by atoms with Crippen LogP contribution in [0, 0.1) is 12.8 Å². The topological polar surface area (TPSA) is 36.4 Å². The lowest BCUT2D eigenvalue weighted by Crippen LogP contribution is -2.43. The molecule has 0 amide bonds. The van der Waals surface area contributed by atoms with Gasteiger partial charge in [-0.05, 0) is 38.3 Å². The van der Waals surface area contributed by atoms with Crippen LogP contribution in [0.25, 0.3) is 0 Å². The van der Waals surface area contributed by atoms with Gasteiger partial charge in [-0.25, -0.2) is 0 Å². The van der Waals surface area contributed by atoms with Crippen LogP contribution in [0.3, 0.4) is 0 Å². The standard InChI is InChI=1S/C15H25N3S/c1-11(10-14-7-4-12(2)19-14)18-15(16-3)17-9-8-13-5-6-13/h4,7,11,13H,5-6,8-10H2,1-3H3,(H2,16,17,18). The lowest BCUT2D eigenvalue weighted by Gasteiger charge is -2.17. The van der Waals surface area contributed by atoms with E-state index in [4.69, 9.17) is 0 Å². The van der Waals surface area contributed by atoms with E-state index in [0.29, 0.717) is 6.04 Å². The number of thiophene rings is 1. The predicted octanol–water partition coefficient (Wildman–Crippen LogP) is 2.95. The molecule has 1 unspecified atom stereocenters. The van der Waals surface area contributed by atoms with E-state index in [0.717, 1.165) is 24.8 Å². The fourth-order valence-electron chi connectivity index (χ4n) is 2.18. The first-order valence-electron chi connectivity index (χ1n) is 7.20. The number of rotatable bonds is 6. The normalized spacial score (nSPS) is 17.3. The molecule has 1 fully saturated rings. The maximum absolute atomic E-state index is 4.29. The molecule has 0 spiro atoms. The molecule has 0 bridgehead atoms. The minimum atomic E-state index is 0.408. The van der Waals surface area contributed by atoms with Gasteiger partial charge in [-0.1, -0.05) is 12.8 Å². The van der Waals surface area contributed by atoms with Crippen molar-refractivity contribution in [3.8, 4) is 0 Å². The second-order valence-corrected chi connectivity index (χ2v) is 6.87. The van der Waals surface area contributed by atoms with E-state index < -0.39 is 0 Å². The van der Waals surface area contributed by atoms with Gasteiger partial charge < -0.3 is 10.6 Å². The Morgan fingerprint density at radius 3 is 2.84 bits per heavy atom. The summed E-state index contributed by atoms with van der Waals surface area (Å²) in [6.45, 7) is 5.41. The number of hydrogen-bond donors (Lipinski definition) is 2. The highest BCUT2D eigenvalue weighted by Crippen LogP contribution is 2.31. The van der Waals surface area contributed by atoms with Crippen molar-refractivity contribution >= 4 is 17.3 Å². The molecular weight excluding hydrogens is 254 g/mol. The van der Waals surface area contributed by atoms with Gasteiger partial charge in [0.1, 0.15) is 0 Å². The molecule has 0 aliphatic heterocycles. The van der Waals surface area contributed by atoms with Crippen LogP contribution in [0.5, 0.6) is 0 Å². The molecular formula is C15H25N3S. The van der Waals surface area contributed by atoms with Crippen LogP contribution in [0.2, 0.25) is 0 Å². The van der Waals surface area contributed by atoms with Crippen molar-refractivity contribution in [1.29, 1.82) is 0 Å². The molecule has 1 heterocycles. The van der Waals surface area contributed by atoms with Gasteiger partial charge in [-0.2, -0.15) is 0 Å². The van der Waals surface area contributed by atoms with Crippen molar-refractivity contribution in [2.24, 2.45) is 10.9 Å². The van der Waals surface area contributed by atoms with Gasteiger partial charge in [0.2, 0.25) is 0 Å². The fourth-order valence-corrected chi connectivity index (χ4v) is 3.20. The van der Waals surface area contributed by atoms with E-state index in [1.807, 2.05) is 18.4 Å². The lowest BCUT2D eigenvalue weighted by molar-refractivity contribution is 0.630. The largest absolute Gasteiger partial charge is 0.356 e.